The number of carbonyl (C=O) groups excluding carboxylic acids is 1. The molecule has 3 rings (SSSR count). The maximum Gasteiger partial charge on any atom is 0.345 e. The van der Waals surface area contributed by atoms with Gasteiger partial charge < -0.3 is 10.2 Å². The quantitative estimate of drug-likeness (QED) is 0.317. The molecule has 0 radical (unpaired) electrons. The molecule has 34 heavy (non-hydrogen) atoms. The number of thiophene rings is 1. The Hall–Kier alpha value is -2.09. The molecule has 7 heteroatoms. The van der Waals surface area contributed by atoms with E-state index in [4.69, 9.17) is 5.11 Å². The first-order chi connectivity index (χ1) is 16.2. The van der Waals surface area contributed by atoms with E-state index < -0.39 is 12.1 Å². The van der Waals surface area contributed by atoms with Gasteiger partial charge in [-0.1, -0.05) is 31.6 Å². The van der Waals surface area contributed by atoms with E-state index in [1.165, 1.54) is 11.3 Å². The third kappa shape index (κ3) is 6.74. The summed E-state index contributed by atoms with van der Waals surface area (Å²) in [5.74, 6) is -0.498. The summed E-state index contributed by atoms with van der Waals surface area (Å²) in [6, 6.07) is 11.3. The van der Waals surface area contributed by atoms with Gasteiger partial charge in [-0.2, -0.15) is 0 Å². The number of rotatable bonds is 12. The molecule has 184 valence electrons. The highest BCUT2D eigenvalue weighted by molar-refractivity contribution is 8.01. The van der Waals surface area contributed by atoms with Crippen molar-refractivity contribution >= 4 is 40.7 Å². The molecule has 1 aromatic heterocycles. The first-order valence-corrected chi connectivity index (χ1v) is 13.7. The molecule has 3 atom stereocenters. The minimum Gasteiger partial charge on any atom is -0.477 e. The van der Waals surface area contributed by atoms with Crippen molar-refractivity contribution in [2.75, 3.05) is 4.90 Å². The van der Waals surface area contributed by atoms with Crippen LogP contribution in [0.25, 0.3) is 0 Å². The molecule has 2 N–H and O–H groups in total. The van der Waals surface area contributed by atoms with Gasteiger partial charge in [0.25, 0.3) is 0 Å². The lowest BCUT2D eigenvalue weighted by Gasteiger charge is -2.24. The second kappa shape index (κ2) is 12.0. The summed E-state index contributed by atoms with van der Waals surface area (Å²) in [5, 5.41) is 19.6. The van der Waals surface area contributed by atoms with Gasteiger partial charge >= 0.3 is 5.97 Å². The van der Waals surface area contributed by atoms with Crippen LogP contribution in [0.2, 0.25) is 0 Å². The molecule has 0 bridgehead atoms. The van der Waals surface area contributed by atoms with E-state index in [9.17, 15) is 14.7 Å². The molecule has 1 fully saturated rings. The normalized spacial score (nSPS) is 19.1. The topological polar surface area (TPSA) is 77.8 Å². The largest absolute Gasteiger partial charge is 0.477 e. The van der Waals surface area contributed by atoms with Crippen molar-refractivity contribution in [3.63, 3.8) is 0 Å². The Morgan fingerprint density at radius 1 is 1.15 bits per heavy atom. The summed E-state index contributed by atoms with van der Waals surface area (Å²) < 4.78 is 0. The van der Waals surface area contributed by atoms with Gasteiger partial charge in [-0.05, 0) is 81.2 Å². The number of hydrogen-bond donors (Lipinski definition) is 2. The van der Waals surface area contributed by atoms with E-state index in [2.05, 4.69) is 20.4 Å². The maximum atomic E-state index is 13.3. The zero-order valence-electron chi connectivity index (χ0n) is 20.2. The number of hydrogen-bond acceptors (Lipinski definition) is 5. The molecule has 0 saturated carbocycles. The van der Waals surface area contributed by atoms with Crippen molar-refractivity contribution in [3.05, 3.63) is 63.9 Å². The molecule has 5 nitrogen and oxygen atoms in total. The summed E-state index contributed by atoms with van der Waals surface area (Å²) in [4.78, 5) is 27.7. The Morgan fingerprint density at radius 3 is 2.44 bits per heavy atom. The van der Waals surface area contributed by atoms with Crippen molar-refractivity contribution in [3.8, 4) is 0 Å². The number of aryl methyl sites for hydroxylation is 1. The first kappa shape index (κ1) is 26.5. The Kier molecular flexibility index (Phi) is 9.39. The van der Waals surface area contributed by atoms with Crippen molar-refractivity contribution in [1.29, 1.82) is 0 Å². The minimum atomic E-state index is -0.886. The molecular weight excluding hydrogens is 466 g/mol. The van der Waals surface area contributed by atoms with Crippen LogP contribution >= 0.6 is 23.1 Å². The van der Waals surface area contributed by atoms with Crippen molar-refractivity contribution in [2.24, 2.45) is 5.92 Å². The molecular formula is C27H35NO4S2. The fourth-order valence-corrected chi connectivity index (χ4v) is 6.62. The molecule has 1 aliphatic rings. The number of benzene rings is 1. The molecule has 1 saturated heterocycles. The standard InChI is InChI=1S/C27H35NO4S2/c1-17(2)7-5-9-22(29)19-11-13-20(14-12-19)28-24(34-25(18(3)4)26(28)30)10-6-8-21-15-16-23(33-21)27(31)32/h11-16,18,22,24-25,29H,1,5-10H2,2-4H3,(H,31,32). The van der Waals surface area contributed by atoms with E-state index >= 15 is 0 Å². The average molecular weight is 502 g/mol. The van der Waals surface area contributed by atoms with Crippen LogP contribution in [0.5, 0.6) is 0 Å². The van der Waals surface area contributed by atoms with E-state index in [-0.39, 0.29) is 22.4 Å². The van der Waals surface area contributed by atoms with Crippen LogP contribution in [0.4, 0.5) is 5.69 Å². The number of carbonyl (C=O) groups is 2. The van der Waals surface area contributed by atoms with Gasteiger partial charge in [0.05, 0.1) is 16.7 Å². The fourth-order valence-electron chi connectivity index (χ4n) is 4.20. The zero-order valence-corrected chi connectivity index (χ0v) is 21.8. The summed E-state index contributed by atoms with van der Waals surface area (Å²) in [6.07, 6.45) is 4.51. The lowest BCUT2D eigenvalue weighted by molar-refractivity contribution is -0.118. The summed E-state index contributed by atoms with van der Waals surface area (Å²) in [5.41, 5.74) is 2.86. The SMILES string of the molecule is C=C(C)CCCC(O)c1ccc(N2C(=O)C(C(C)C)SC2CCCc2ccc(C(=O)O)s2)cc1. The summed E-state index contributed by atoms with van der Waals surface area (Å²) in [7, 11) is 0. The van der Waals surface area contributed by atoms with Crippen LogP contribution < -0.4 is 4.90 Å². The Bertz CT molecular complexity index is 998. The van der Waals surface area contributed by atoms with Crippen LogP contribution in [-0.2, 0) is 11.2 Å². The molecule has 2 heterocycles. The van der Waals surface area contributed by atoms with Crippen LogP contribution in [0.15, 0.2) is 48.6 Å². The highest BCUT2D eigenvalue weighted by atomic mass is 32.2. The highest BCUT2D eigenvalue weighted by Crippen LogP contribution is 2.41. The summed E-state index contributed by atoms with van der Waals surface area (Å²) in [6.45, 7) is 10.1. The zero-order chi connectivity index (χ0) is 24.8. The van der Waals surface area contributed by atoms with Gasteiger partial charge in [-0.25, -0.2) is 4.79 Å². The van der Waals surface area contributed by atoms with E-state index in [1.807, 2.05) is 42.2 Å². The van der Waals surface area contributed by atoms with E-state index in [0.29, 0.717) is 11.3 Å². The number of anilines is 1. The Balaban J connectivity index is 1.66. The lowest BCUT2D eigenvalue weighted by atomic mass is 10.0. The second-order valence-electron chi connectivity index (χ2n) is 9.38. The minimum absolute atomic E-state index is 0.0464. The number of aliphatic hydroxyl groups is 1. The monoisotopic (exact) mass is 501 g/mol. The van der Waals surface area contributed by atoms with Crippen LogP contribution in [0.1, 0.15) is 79.1 Å². The van der Waals surface area contributed by atoms with Crippen LogP contribution in [0, 0.1) is 5.92 Å². The molecule has 3 unspecified atom stereocenters. The number of allylic oxidation sites excluding steroid dienone is 1. The Morgan fingerprint density at radius 2 is 1.85 bits per heavy atom. The third-order valence-electron chi connectivity index (χ3n) is 6.06. The van der Waals surface area contributed by atoms with Crippen LogP contribution in [-0.4, -0.2) is 32.7 Å². The molecule has 2 aromatic rings. The Labute approximate surface area is 210 Å². The van der Waals surface area contributed by atoms with Gasteiger partial charge in [0.2, 0.25) is 5.91 Å². The molecule has 0 spiro atoms. The predicted octanol–water partition coefficient (Wildman–Crippen LogP) is 6.68. The molecule has 1 amide bonds. The smallest absolute Gasteiger partial charge is 0.345 e. The number of aliphatic hydroxyl groups excluding tert-OH is 1. The lowest BCUT2D eigenvalue weighted by Crippen LogP contribution is -2.35. The van der Waals surface area contributed by atoms with Gasteiger partial charge in [0.1, 0.15) is 4.88 Å². The number of carboxylic acid groups (broad SMARTS) is 1. The molecule has 1 aromatic carbocycles. The predicted molar refractivity (Wildman–Crippen MR) is 142 cm³/mol. The summed E-state index contributed by atoms with van der Waals surface area (Å²) >= 11 is 3.05. The maximum absolute atomic E-state index is 13.3. The van der Waals surface area contributed by atoms with E-state index in [1.54, 1.807) is 17.8 Å². The highest BCUT2D eigenvalue weighted by Gasteiger charge is 2.42. The molecule has 0 aliphatic carbocycles. The number of carboxylic acids is 1. The average Bonchev–Trinajstić information content (AvgIpc) is 3.38. The van der Waals surface area contributed by atoms with Crippen molar-refractivity contribution < 1.29 is 19.8 Å². The first-order valence-electron chi connectivity index (χ1n) is 11.9. The number of aromatic carboxylic acids is 1. The van der Waals surface area contributed by atoms with Gasteiger partial charge in [-0.15, -0.1) is 29.7 Å². The van der Waals surface area contributed by atoms with Crippen molar-refractivity contribution in [2.45, 2.75) is 76.0 Å². The third-order valence-corrected chi connectivity index (χ3v) is 8.99. The van der Waals surface area contributed by atoms with Gasteiger partial charge in [0, 0.05) is 10.6 Å². The van der Waals surface area contributed by atoms with E-state index in [0.717, 1.165) is 53.8 Å². The van der Waals surface area contributed by atoms with Crippen molar-refractivity contribution in [1.82, 2.24) is 0 Å². The van der Waals surface area contributed by atoms with Crippen LogP contribution in [0.3, 0.4) is 0 Å². The van der Waals surface area contributed by atoms with Gasteiger partial charge in [-0.3, -0.25) is 9.69 Å². The fraction of sp³-hybridized carbons (Fsp3) is 0.481. The molecule has 1 aliphatic heterocycles. The second-order valence-corrected chi connectivity index (χ2v) is 11.9. The number of nitrogens with zero attached hydrogens (tertiary/aromatic N) is 1. The van der Waals surface area contributed by atoms with Gasteiger partial charge in [0.15, 0.2) is 0 Å². The number of amides is 1. The number of thioether (sulfide) groups is 1.